The van der Waals surface area contributed by atoms with Crippen LogP contribution >= 0.6 is 0 Å². The van der Waals surface area contributed by atoms with E-state index in [1.165, 1.54) is 4.90 Å². The lowest BCUT2D eigenvalue weighted by Crippen LogP contribution is -2.36. The van der Waals surface area contributed by atoms with E-state index in [4.69, 9.17) is 42.6 Å². The number of ether oxygens (including phenoxy) is 9. The van der Waals surface area contributed by atoms with Crippen LogP contribution in [0.2, 0.25) is 0 Å². The summed E-state index contributed by atoms with van der Waals surface area (Å²) in [7, 11) is 1.68. The van der Waals surface area contributed by atoms with Crippen LogP contribution in [0.4, 0.5) is 4.79 Å². The number of hydrogen-bond donors (Lipinski definition) is 0. The molecule has 0 aromatic heterocycles. The molecule has 0 saturated carbocycles. The van der Waals surface area contributed by atoms with Crippen molar-refractivity contribution in [2.75, 3.05) is 113 Å². The molecule has 232 valence electrons. The average molecular weight is 574 g/mol. The molecule has 0 atom stereocenters. The number of likely N-dealkylation sites (N-methyl/N-ethyl adjacent to an activating group) is 1. The van der Waals surface area contributed by atoms with Crippen LogP contribution in [0, 0.1) is 0 Å². The fraction of sp³-hybridized carbons (Fsp3) is 0.759. The summed E-state index contributed by atoms with van der Waals surface area (Å²) in [6.45, 7) is 14.1. The van der Waals surface area contributed by atoms with Gasteiger partial charge in [-0.1, -0.05) is 30.3 Å². The van der Waals surface area contributed by atoms with Crippen molar-refractivity contribution >= 4 is 6.09 Å². The zero-order valence-corrected chi connectivity index (χ0v) is 24.9. The maximum Gasteiger partial charge on any atom is 0.410 e. The molecule has 0 unspecified atom stereocenters. The van der Waals surface area contributed by atoms with Crippen molar-refractivity contribution in [2.24, 2.45) is 0 Å². The van der Waals surface area contributed by atoms with Crippen molar-refractivity contribution in [3.63, 3.8) is 0 Å². The van der Waals surface area contributed by atoms with E-state index in [2.05, 4.69) is 0 Å². The van der Waals surface area contributed by atoms with Gasteiger partial charge in [-0.3, -0.25) is 0 Å². The van der Waals surface area contributed by atoms with Gasteiger partial charge in [-0.25, -0.2) is 4.79 Å². The second-order valence-corrected chi connectivity index (χ2v) is 9.73. The van der Waals surface area contributed by atoms with E-state index < -0.39 is 5.60 Å². The Balaban J connectivity index is 1.69. The monoisotopic (exact) mass is 573 g/mol. The van der Waals surface area contributed by atoms with E-state index in [1.807, 2.05) is 51.1 Å². The lowest BCUT2D eigenvalue weighted by atomic mass is 10.2. The van der Waals surface area contributed by atoms with Gasteiger partial charge in [-0.05, 0) is 26.3 Å². The van der Waals surface area contributed by atoms with Crippen LogP contribution in [0.3, 0.4) is 0 Å². The molecule has 40 heavy (non-hydrogen) atoms. The summed E-state index contributed by atoms with van der Waals surface area (Å²) in [4.78, 5) is 13.3. The molecule has 0 heterocycles. The first-order chi connectivity index (χ1) is 19.4. The number of rotatable bonds is 26. The van der Waals surface area contributed by atoms with E-state index in [1.54, 1.807) is 7.05 Å². The second-order valence-electron chi connectivity index (χ2n) is 9.73. The molecule has 0 bridgehead atoms. The van der Waals surface area contributed by atoms with E-state index in [0.29, 0.717) is 112 Å². The van der Waals surface area contributed by atoms with Crippen LogP contribution in [-0.4, -0.2) is 129 Å². The van der Waals surface area contributed by atoms with Gasteiger partial charge in [0.05, 0.1) is 106 Å². The predicted octanol–water partition coefficient (Wildman–Crippen LogP) is 3.19. The van der Waals surface area contributed by atoms with Gasteiger partial charge in [0.2, 0.25) is 0 Å². The molecule has 1 aromatic rings. The van der Waals surface area contributed by atoms with Crippen LogP contribution in [0.15, 0.2) is 30.3 Å². The molecule has 0 fully saturated rings. The molecule has 0 aliphatic carbocycles. The molecule has 11 nitrogen and oxygen atoms in total. The highest BCUT2D eigenvalue weighted by molar-refractivity contribution is 5.67. The highest BCUT2D eigenvalue weighted by Gasteiger charge is 2.19. The zero-order chi connectivity index (χ0) is 29.2. The first-order valence-electron chi connectivity index (χ1n) is 14.0. The minimum absolute atomic E-state index is 0.360. The minimum atomic E-state index is -0.504. The van der Waals surface area contributed by atoms with Gasteiger partial charge in [0.25, 0.3) is 0 Å². The summed E-state index contributed by atoms with van der Waals surface area (Å²) in [5.41, 5.74) is 0.652. The van der Waals surface area contributed by atoms with Crippen molar-refractivity contribution in [1.29, 1.82) is 0 Å². The van der Waals surface area contributed by atoms with Crippen LogP contribution in [-0.2, 0) is 49.2 Å². The summed E-state index contributed by atoms with van der Waals surface area (Å²) in [6, 6.07) is 10.1. The van der Waals surface area contributed by atoms with Crippen LogP contribution in [0.5, 0.6) is 0 Å². The highest BCUT2D eigenvalue weighted by atomic mass is 16.6. The van der Waals surface area contributed by atoms with E-state index in [9.17, 15) is 4.79 Å². The Morgan fingerprint density at radius 3 is 1.30 bits per heavy atom. The molecule has 0 radical (unpaired) electrons. The molecule has 1 aromatic carbocycles. The third-order valence-corrected chi connectivity index (χ3v) is 4.99. The largest absolute Gasteiger partial charge is 0.444 e. The Labute approximate surface area is 240 Å². The highest BCUT2D eigenvalue weighted by Crippen LogP contribution is 2.08. The molecule has 1 rings (SSSR count). The van der Waals surface area contributed by atoms with Gasteiger partial charge in [0.15, 0.2) is 0 Å². The van der Waals surface area contributed by atoms with Gasteiger partial charge in [0.1, 0.15) is 5.60 Å². The average Bonchev–Trinajstić information content (AvgIpc) is 2.92. The quantitative estimate of drug-likeness (QED) is 0.154. The first-order valence-corrected chi connectivity index (χ1v) is 14.0. The van der Waals surface area contributed by atoms with Crippen LogP contribution < -0.4 is 0 Å². The molecule has 0 saturated heterocycles. The summed E-state index contributed by atoms with van der Waals surface area (Å²) in [5, 5.41) is 0. The predicted molar refractivity (Wildman–Crippen MR) is 151 cm³/mol. The van der Waals surface area contributed by atoms with Crippen molar-refractivity contribution in [1.82, 2.24) is 4.90 Å². The molecule has 11 heteroatoms. The van der Waals surface area contributed by atoms with Gasteiger partial charge in [-0.15, -0.1) is 0 Å². The number of carbonyl (C=O) groups is 1. The van der Waals surface area contributed by atoms with Crippen molar-refractivity contribution in [3.05, 3.63) is 35.9 Å². The SMILES string of the molecule is CN(CCOCCOCCOCCOCCOCCOCCOCCOCc1ccccc1)C(=O)OC(C)(C)C. The number of carbonyl (C=O) groups excluding carboxylic acids is 1. The molecule has 1 amide bonds. The van der Waals surface area contributed by atoms with Crippen molar-refractivity contribution in [2.45, 2.75) is 33.0 Å². The molecule has 0 spiro atoms. The maximum atomic E-state index is 11.8. The van der Waals surface area contributed by atoms with Crippen LogP contribution in [0.1, 0.15) is 26.3 Å². The fourth-order valence-corrected chi connectivity index (χ4v) is 2.94. The summed E-state index contributed by atoms with van der Waals surface area (Å²) in [5.74, 6) is 0. The second kappa shape index (κ2) is 24.9. The Morgan fingerprint density at radius 1 is 0.575 bits per heavy atom. The van der Waals surface area contributed by atoms with Gasteiger partial charge in [0, 0.05) is 13.6 Å². The molecule has 0 aliphatic rings. The van der Waals surface area contributed by atoms with Crippen molar-refractivity contribution < 1.29 is 47.4 Å². The normalized spacial score (nSPS) is 11.6. The molecular formula is C29H51NO10. The van der Waals surface area contributed by atoms with E-state index in [-0.39, 0.29) is 6.09 Å². The molecular weight excluding hydrogens is 522 g/mol. The number of hydrogen-bond acceptors (Lipinski definition) is 10. The Bertz CT molecular complexity index is 702. The summed E-state index contributed by atoms with van der Waals surface area (Å²) >= 11 is 0. The summed E-state index contributed by atoms with van der Waals surface area (Å²) < 4.78 is 49.1. The van der Waals surface area contributed by atoms with E-state index in [0.717, 1.165) is 5.56 Å². The van der Waals surface area contributed by atoms with Gasteiger partial charge >= 0.3 is 6.09 Å². The smallest absolute Gasteiger partial charge is 0.410 e. The third kappa shape index (κ3) is 24.0. The topological polar surface area (TPSA) is 103 Å². The lowest BCUT2D eigenvalue weighted by molar-refractivity contribution is -0.0240. The van der Waals surface area contributed by atoms with Gasteiger partial charge in [-0.2, -0.15) is 0 Å². The number of amides is 1. The van der Waals surface area contributed by atoms with E-state index >= 15 is 0 Å². The Kier molecular flexibility index (Phi) is 22.6. The maximum absolute atomic E-state index is 11.8. The zero-order valence-electron chi connectivity index (χ0n) is 24.9. The Morgan fingerprint density at radius 2 is 0.925 bits per heavy atom. The van der Waals surface area contributed by atoms with Crippen molar-refractivity contribution in [3.8, 4) is 0 Å². The fourth-order valence-electron chi connectivity index (χ4n) is 2.94. The molecule has 0 N–H and O–H groups in total. The third-order valence-electron chi connectivity index (χ3n) is 4.99. The molecule has 0 aliphatic heterocycles. The number of nitrogens with zero attached hydrogens (tertiary/aromatic N) is 1. The minimum Gasteiger partial charge on any atom is -0.444 e. The lowest BCUT2D eigenvalue weighted by Gasteiger charge is -2.24. The van der Waals surface area contributed by atoms with Gasteiger partial charge < -0.3 is 47.5 Å². The first kappa shape index (κ1) is 36.2. The Hall–Kier alpha value is -1.83. The standard InChI is InChI=1S/C29H51NO10/c1-29(2,3)40-28(31)30(4)10-11-32-12-13-33-14-15-34-16-17-35-18-19-36-20-21-37-22-23-38-24-25-39-26-27-8-6-5-7-9-27/h5-9H,10-26H2,1-4H3. The summed E-state index contributed by atoms with van der Waals surface area (Å²) in [6.07, 6.45) is -0.360. The number of benzene rings is 1. The van der Waals surface area contributed by atoms with Crippen LogP contribution in [0.25, 0.3) is 0 Å².